The number of nitrogens with zero attached hydrogens (tertiary/aromatic N) is 2. The second kappa shape index (κ2) is 6.83. The van der Waals surface area contributed by atoms with Gasteiger partial charge in [0.15, 0.2) is 9.88 Å². The molecule has 0 saturated carbocycles. The molecule has 8 heteroatoms. The molecule has 0 aliphatic carbocycles. The van der Waals surface area contributed by atoms with Crippen molar-refractivity contribution < 1.29 is 0 Å². The van der Waals surface area contributed by atoms with E-state index < -0.39 is 0 Å². The van der Waals surface area contributed by atoms with Crippen molar-refractivity contribution in [2.45, 2.75) is 6.04 Å². The lowest BCUT2D eigenvalue weighted by Gasteiger charge is -2.39. The van der Waals surface area contributed by atoms with Crippen LogP contribution in [0.4, 0.5) is 17.3 Å². The largest absolute Gasteiger partial charge is 0.316 e. The van der Waals surface area contributed by atoms with E-state index in [9.17, 15) is 0 Å². The van der Waals surface area contributed by atoms with Crippen LogP contribution in [0, 0.1) is 4.77 Å². The zero-order chi connectivity index (χ0) is 18.1. The SMILES string of the molecule is NNc1[nH]c(=S)nc2c1C(c1ccccc1)N(c1ccccc1)C(=S)N2. The number of thiocarbonyl (C=S) groups is 1. The van der Waals surface area contributed by atoms with Crippen LogP contribution in [0.15, 0.2) is 60.7 Å². The number of fused-ring (bicyclic) bond motifs is 1. The summed E-state index contributed by atoms with van der Waals surface area (Å²) in [5.41, 5.74) is 5.59. The highest BCUT2D eigenvalue weighted by atomic mass is 32.1. The Balaban J connectivity index is 2.00. The van der Waals surface area contributed by atoms with Crippen LogP contribution < -0.4 is 21.5 Å². The number of hydrogen-bond donors (Lipinski definition) is 4. The number of aromatic amines is 1. The molecule has 1 atom stereocenters. The van der Waals surface area contributed by atoms with Crippen LogP contribution in [0.5, 0.6) is 0 Å². The van der Waals surface area contributed by atoms with Crippen LogP contribution in [-0.2, 0) is 0 Å². The molecule has 2 heterocycles. The number of hydrazine groups is 1. The summed E-state index contributed by atoms with van der Waals surface area (Å²) in [6.45, 7) is 0. The van der Waals surface area contributed by atoms with Crippen LogP contribution in [0.25, 0.3) is 0 Å². The van der Waals surface area contributed by atoms with Crippen molar-refractivity contribution in [1.29, 1.82) is 0 Å². The number of anilines is 3. The molecule has 1 unspecified atom stereocenters. The van der Waals surface area contributed by atoms with Gasteiger partial charge in [0.2, 0.25) is 0 Å². The van der Waals surface area contributed by atoms with Gasteiger partial charge in [-0.1, -0.05) is 48.5 Å². The quantitative estimate of drug-likeness (QED) is 0.313. The van der Waals surface area contributed by atoms with E-state index in [-0.39, 0.29) is 6.04 Å². The lowest BCUT2D eigenvalue weighted by Crippen LogP contribution is -2.44. The van der Waals surface area contributed by atoms with Gasteiger partial charge in [0, 0.05) is 5.69 Å². The van der Waals surface area contributed by atoms with Crippen molar-refractivity contribution in [3.05, 3.63) is 76.6 Å². The summed E-state index contributed by atoms with van der Waals surface area (Å²) in [5, 5.41) is 3.74. The number of hydrogen-bond acceptors (Lipinski definition) is 5. The number of benzene rings is 2. The Morgan fingerprint density at radius 1 is 1.00 bits per heavy atom. The number of rotatable bonds is 3. The van der Waals surface area contributed by atoms with Gasteiger partial charge in [0.05, 0.1) is 11.6 Å². The van der Waals surface area contributed by atoms with Crippen molar-refractivity contribution in [2.24, 2.45) is 5.84 Å². The fourth-order valence-electron chi connectivity index (χ4n) is 3.17. The second-order valence-electron chi connectivity index (χ2n) is 5.77. The smallest absolute Gasteiger partial charge is 0.200 e. The molecule has 2 aromatic carbocycles. The monoisotopic (exact) mass is 380 g/mol. The number of nitrogens with one attached hydrogen (secondary N) is 3. The molecule has 1 aromatic heterocycles. The van der Waals surface area contributed by atoms with Gasteiger partial charge in [-0.15, -0.1) is 0 Å². The fourth-order valence-corrected chi connectivity index (χ4v) is 3.67. The maximum Gasteiger partial charge on any atom is 0.200 e. The number of aromatic nitrogens is 2. The predicted molar refractivity (Wildman–Crippen MR) is 111 cm³/mol. The maximum absolute atomic E-state index is 5.77. The number of nitrogens with two attached hydrogens (primary N) is 1. The molecule has 0 spiro atoms. The summed E-state index contributed by atoms with van der Waals surface area (Å²) < 4.78 is 0.326. The highest BCUT2D eigenvalue weighted by Gasteiger charge is 2.35. The van der Waals surface area contributed by atoms with E-state index in [4.69, 9.17) is 30.3 Å². The van der Waals surface area contributed by atoms with Gasteiger partial charge < -0.3 is 20.6 Å². The van der Waals surface area contributed by atoms with Gasteiger partial charge in [-0.25, -0.2) is 10.8 Å². The van der Waals surface area contributed by atoms with E-state index in [1.807, 2.05) is 53.4 Å². The van der Waals surface area contributed by atoms with Gasteiger partial charge >= 0.3 is 0 Å². The molecule has 0 radical (unpaired) electrons. The first kappa shape index (κ1) is 16.6. The highest BCUT2D eigenvalue weighted by molar-refractivity contribution is 7.80. The molecule has 26 heavy (non-hydrogen) atoms. The minimum absolute atomic E-state index is 0.215. The predicted octanol–water partition coefficient (Wildman–Crippen LogP) is 3.73. The van der Waals surface area contributed by atoms with Gasteiger partial charge in [0.25, 0.3) is 0 Å². The summed E-state index contributed by atoms with van der Waals surface area (Å²) in [5.74, 6) is 6.97. The molecule has 130 valence electrons. The van der Waals surface area contributed by atoms with Crippen molar-refractivity contribution in [1.82, 2.24) is 9.97 Å². The van der Waals surface area contributed by atoms with Gasteiger partial charge in [-0.3, -0.25) is 0 Å². The van der Waals surface area contributed by atoms with E-state index >= 15 is 0 Å². The standard InChI is InChI=1S/C18H16N6S2/c19-23-16-13-14(11-7-3-1-4-8-11)24(12-9-5-2-6-10-12)18(26)22-15(13)20-17(25)21-16/h1-10,14H,19H2,(H3,20,21,22,23,25,26). The molecular formula is C18H16N6S2. The molecule has 0 amide bonds. The molecule has 0 saturated heterocycles. The normalized spacial score (nSPS) is 16.0. The third-order valence-corrected chi connectivity index (χ3v) is 4.73. The molecule has 1 aliphatic heterocycles. The molecule has 1 aliphatic rings. The maximum atomic E-state index is 5.77. The molecule has 5 N–H and O–H groups in total. The number of H-pyrrole nitrogens is 1. The first-order chi connectivity index (χ1) is 12.7. The summed E-state index contributed by atoms with van der Waals surface area (Å²) in [7, 11) is 0. The Bertz CT molecular complexity index is 1000. The average Bonchev–Trinajstić information content (AvgIpc) is 2.67. The molecule has 6 nitrogen and oxygen atoms in total. The average molecular weight is 381 g/mol. The van der Waals surface area contributed by atoms with Gasteiger partial charge in [-0.05, 0) is 42.1 Å². The van der Waals surface area contributed by atoms with Crippen molar-refractivity contribution in [3.8, 4) is 0 Å². The highest BCUT2D eigenvalue weighted by Crippen LogP contribution is 2.42. The topological polar surface area (TPSA) is 82.0 Å². The van der Waals surface area contributed by atoms with E-state index in [0.717, 1.165) is 16.8 Å². The molecule has 0 bridgehead atoms. The second-order valence-corrected chi connectivity index (χ2v) is 6.55. The van der Waals surface area contributed by atoms with Crippen LogP contribution in [0.2, 0.25) is 0 Å². The Hall–Kier alpha value is -2.81. The summed E-state index contributed by atoms with van der Waals surface area (Å²) >= 11 is 10.9. The molecular weight excluding hydrogens is 364 g/mol. The van der Waals surface area contributed by atoms with E-state index in [0.29, 0.717) is 21.5 Å². The van der Waals surface area contributed by atoms with E-state index in [1.165, 1.54) is 0 Å². The first-order valence-electron chi connectivity index (χ1n) is 8.00. The fraction of sp³-hybridized carbons (Fsp3) is 0.0556. The Kier molecular flexibility index (Phi) is 4.37. The van der Waals surface area contributed by atoms with Crippen LogP contribution >= 0.6 is 24.4 Å². The van der Waals surface area contributed by atoms with Crippen molar-refractivity contribution in [2.75, 3.05) is 15.6 Å². The van der Waals surface area contributed by atoms with Crippen molar-refractivity contribution >= 4 is 46.9 Å². The van der Waals surface area contributed by atoms with Crippen LogP contribution in [0.3, 0.4) is 0 Å². The zero-order valence-corrected chi connectivity index (χ0v) is 15.3. The summed E-state index contributed by atoms with van der Waals surface area (Å²) in [6, 6.07) is 19.8. The number of para-hydroxylation sites is 1. The minimum atomic E-state index is -0.215. The minimum Gasteiger partial charge on any atom is -0.316 e. The third-order valence-electron chi connectivity index (χ3n) is 4.24. The van der Waals surface area contributed by atoms with Gasteiger partial charge in [0.1, 0.15) is 11.6 Å². The van der Waals surface area contributed by atoms with Crippen LogP contribution in [-0.4, -0.2) is 15.1 Å². The molecule has 4 rings (SSSR count). The van der Waals surface area contributed by atoms with Crippen molar-refractivity contribution in [3.63, 3.8) is 0 Å². The molecule has 3 aromatic rings. The summed E-state index contributed by atoms with van der Waals surface area (Å²) in [4.78, 5) is 9.49. The Labute approximate surface area is 161 Å². The zero-order valence-electron chi connectivity index (χ0n) is 13.6. The van der Waals surface area contributed by atoms with E-state index in [1.54, 1.807) is 0 Å². The van der Waals surface area contributed by atoms with Gasteiger partial charge in [-0.2, -0.15) is 0 Å². The Morgan fingerprint density at radius 2 is 1.65 bits per heavy atom. The lowest BCUT2D eigenvalue weighted by molar-refractivity contribution is 0.815. The Morgan fingerprint density at radius 3 is 2.31 bits per heavy atom. The number of nitrogen functional groups attached to an aromatic ring is 1. The third kappa shape index (κ3) is 2.84. The first-order valence-corrected chi connectivity index (χ1v) is 8.81. The van der Waals surface area contributed by atoms with E-state index in [2.05, 4.69) is 32.8 Å². The van der Waals surface area contributed by atoms with Crippen LogP contribution in [0.1, 0.15) is 17.2 Å². The lowest BCUT2D eigenvalue weighted by atomic mass is 9.95. The molecule has 0 fully saturated rings. The summed E-state index contributed by atoms with van der Waals surface area (Å²) in [6.07, 6.45) is 0.